The van der Waals surface area contributed by atoms with Gasteiger partial charge in [0.15, 0.2) is 0 Å². The van der Waals surface area contributed by atoms with Gasteiger partial charge >= 0.3 is 0 Å². The van der Waals surface area contributed by atoms with Gasteiger partial charge in [-0.2, -0.15) is 5.26 Å². The number of thiocarbonyl (C=S) groups is 1. The Labute approximate surface area is 241 Å². The predicted molar refractivity (Wildman–Crippen MR) is 164 cm³/mol. The molecule has 3 heterocycles. The van der Waals surface area contributed by atoms with Crippen molar-refractivity contribution in [2.75, 3.05) is 31.1 Å². The molecule has 39 heavy (non-hydrogen) atoms. The maximum atomic E-state index is 13.6. The van der Waals surface area contributed by atoms with Gasteiger partial charge in [0, 0.05) is 50.9 Å². The number of rotatable bonds is 9. The van der Waals surface area contributed by atoms with Crippen LogP contribution in [0.15, 0.2) is 40.0 Å². The lowest BCUT2D eigenvalue weighted by atomic mass is 10.0. The SMILES string of the molecule is CCCCn1c(N2CCN(Cc3ccccc3)CC2)c(C=C2SC(=S)N(C(C)CC)C2=O)c(C)c(C#N)c1=O. The zero-order valence-electron chi connectivity index (χ0n) is 23.3. The first-order chi connectivity index (χ1) is 18.8. The molecule has 2 fully saturated rings. The summed E-state index contributed by atoms with van der Waals surface area (Å²) in [6.45, 7) is 12.6. The number of carbonyl (C=O) groups excluding carboxylic acids is 1. The molecule has 2 aliphatic rings. The highest BCUT2D eigenvalue weighted by Crippen LogP contribution is 2.37. The fourth-order valence-corrected chi connectivity index (χ4v) is 6.59. The van der Waals surface area contributed by atoms with Crippen molar-refractivity contribution in [2.24, 2.45) is 0 Å². The first-order valence-corrected chi connectivity index (χ1v) is 15.0. The molecule has 4 rings (SSSR count). The average molecular weight is 564 g/mol. The van der Waals surface area contributed by atoms with Crippen LogP contribution in [0.4, 0.5) is 5.82 Å². The van der Waals surface area contributed by atoms with Crippen molar-refractivity contribution in [2.45, 2.75) is 66.1 Å². The molecular formula is C30H37N5O2S2. The number of pyridine rings is 1. The lowest BCUT2D eigenvalue weighted by Crippen LogP contribution is -2.48. The van der Waals surface area contributed by atoms with E-state index in [0.717, 1.165) is 63.4 Å². The van der Waals surface area contributed by atoms with Gasteiger partial charge in [-0.25, -0.2) is 0 Å². The second kappa shape index (κ2) is 12.9. The van der Waals surface area contributed by atoms with Crippen LogP contribution in [0.3, 0.4) is 0 Å². The van der Waals surface area contributed by atoms with E-state index >= 15 is 0 Å². The van der Waals surface area contributed by atoms with Crippen molar-refractivity contribution >= 4 is 46.1 Å². The van der Waals surface area contributed by atoms with Crippen LogP contribution in [0.2, 0.25) is 0 Å². The van der Waals surface area contributed by atoms with Crippen molar-refractivity contribution in [1.82, 2.24) is 14.4 Å². The summed E-state index contributed by atoms with van der Waals surface area (Å²) in [4.78, 5) is 33.9. The maximum absolute atomic E-state index is 13.6. The maximum Gasteiger partial charge on any atom is 0.270 e. The van der Waals surface area contributed by atoms with E-state index in [1.807, 2.05) is 32.9 Å². The van der Waals surface area contributed by atoms with Crippen LogP contribution in [0.25, 0.3) is 6.08 Å². The van der Waals surface area contributed by atoms with Crippen LogP contribution in [0, 0.1) is 18.3 Å². The predicted octanol–water partition coefficient (Wildman–Crippen LogP) is 5.15. The highest BCUT2D eigenvalue weighted by Gasteiger charge is 2.36. The summed E-state index contributed by atoms with van der Waals surface area (Å²) in [6, 6.07) is 12.6. The molecule has 1 unspecified atom stereocenters. The van der Waals surface area contributed by atoms with E-state index in [2.05, 4.69) is 47.1 Å². The Balaban J connectivity index is 1.75. The Kier molecular flexibility index (Phi) is 9.65. The Morgan fingerprint density at radius 3 is 2.44 bits per heavy atom. The quantitative estimate of drug-likeness (QED) is 0.309. The van der Waals surface area contributed by atoms with Crippen LogP contribution in [-0.2, 0) is 17.9 Å². The number of unbranched alkanes of at least 4 members (excludes halogenated alkanes) is 1. The van der Waals surface area contributed by atoms with E-state index < -0.39 is 0 Å². The molecule has 0 radical (unpaired) electrons. The van der Waals surface area contributed by atoms with Gasteiger partial charge in [-0.1, -0.05) is 74.6 Å². The van der Waals surface area contributed by atoms with Gasteiger partial charge in [0.2, 0.25) is 0 Å². The van der Waals surface area contributed by atoms with Crippen LogP contribution >= 0.6 is 24.0 Å². The summed E-state index contributed by atoms with van der Waals surface area (Å²) < 4.78 is 2.32. The monoisotopic (exact) mass is 563 g/mol. The number of anilines is 1. The van der Waals surface area contributed by atoms with E-state index in [0.29, 0.717) is 21.3 Å². The van der Waals surface area contributed by atoms with E-state index in [1.165, 1.54) is 17.3 Å². The minimum absolute atomic E-state index is 0.00911. The number of carbonyl (C=O) groups is 1. The second-order valence-electron chi connectivity index (χ2n) is 10.2. The summed E-state index contributed by atoms with van der Waals surface area (Å²) in [6.07, 6.45) is 4.42. The molecule has 1 aromatic heterocycles. The standard InChI is InChI=1S/C30H37N5O2S2/c1-5-7-13-34-27(33-16-14-32(15-17-33)20-23-11-9-8-10-12-23)24(22(4)25(19-31)28(34)36)18-26-29(37)35(21(3)6-2)30(38)39-26/h8-12,18,21H,5-7,13-17,20H2,1-4H3. The third-order valence-corrected chi connectivity index (χ3v) is 8.96. The highest BCUT2D eigenvalue weighted by atomic mass is 32.2. The number of hydrogen-bond donors (Lipinski definition) is 0. The van der Waals surface area contributed by atoms with Gasteiger partial charge in [-0.05, 0) is 43.9 Å². The van der Waals surface area contributed by atoms with E-state index in [4.69, 9.17) is 12.2 Å². The largest absolute Gasteiger partial charge is 0.355 e. The van der Waals surface area contributed by atoms with Crippen LogP contribution in [-0.4, -0.2) is 56.8 Å². The molecule has 9 heteroatoms. The molecule has 0 N–H and O–H groups in total. The Bertz CT molecular complexity index is 1350. The number of thioether (sulfide) groups is 1. The third-order valence-electron chi connectivity index (χ3n) is 7.63. The zero-order chi connectivity index (χ0) is 28.1. The van der Waals surface area contributed by atoms with Gasteiger partial charge in [0.25, 0.3) is 11.5 Å². The number of piperazine rings is 1. The normalized spacial score (nSPS) is 18.2. The molecule has 2 aromatic rings. The first kappa shape index (κ1) is 29.1. The fourth-order valence-electron chi connectivity index (χ4n) is 5.14. The van der Waals surface area contributed by atoms with Gasteiger partial charge < -0.3 is 4.90 Å². The van der Waals surface area contributed by atoms with Crippen molar-refractivity contribution < 1.29 is 4.79 Å². The lowest BCUT2D eigenvalue weighted by molar-refractivity contribution is -0.123. The van der Waals surface area contributed by atoms with Gasteiger partial charge in [0.05, 0.1) is 4.91 Å². The molecule has 1 amide bonds. The lowest BCUT2D eigenvalue weighted by Gasteiger charge is -2.38. The molecule has 7 nitrogen and oxygen atoms in total. The van der Waals surface area contributed by atoms with Gasteiger partial charge in [-0.3, -0.25) is 24.0 Å². The number of amides is 1. The highest BCUT2D eigenvalue weighted by molar-refractivity contribution is 8.26. The summed E-state index contributed by atoms with van der Waals surface area (Å²) in [7, 11) is 0. The van der Waals surface area contributed by atoms with Crippen LogP contribution in [0.5, 0.6) is 0 Å². The molecule has 1 aromatic carbocycles. The number of aromatic nitrogens is 1. The zero-order valence-corrected chi connectivity index (χ0v) is 24.9. The summed E-state index contributed by atoms with van der Waals surface area (Å²) in [5, 5.41) is 9.95. The fraction of sp³-hybridized carbons (Fsp3) is 0.467. The summed E-state index contributed by atoms with van der Waals surface area (Å²) in [5.41, 5.74) is 2.55. The molecular weight excluding hydrogens is 526 g/mol. The molecule has 206 valence electrons. The molecule has 0 aliphatic carbocycles. The second-order valence-corrected chi connectivity index (χ2v) is 11.9. The van der Waals surface area contributed by atoms with Crippen molar-refractivity contribution in [3.8, 4) is 6.07 Å². The van der Waals surface area contributed by atoms with Crippen LogP contribution in [0.1, 0.15) is 62.3 Å². The summed E-state index contributed by atoms with van der Waals surface area (Å²) >= 11 is 6.87. The number of nitrogens with zero attached hydrogens (tertiary/aromatic N) is 5. The number of hydrogen-bond acceptors (Lipinski definition) is 7. The smallest absolute Gasteiger partial charge is 0.270 e. The topological polar surface area (TPSA) is 72.6 Å². The van der Waals surface area contributed by atoms with E-state index in [1.54, 1.807) is 9.47 Å². The Hall–Kier alpha value is -2.93. The van der Waals surface area contributed by atoms with E-state index in [9.17, 15) is 14.9 Å². The molecule has 2 saturated heterocycles. The Morgan fingerprint density at radius 2 is 1.82 bits per heavy atom. The van der Waals surface area contributed by atoms with Crippen molar-refractivity contribution in [3.05, 3.63) is 67.8 Å². The van der Waals surface area contributed by atoms with Gasteiger partial charge in [-0.15, -0.1) is 0 Å². The summed E-state index contributed by atoms with van der Waals surface area (Å²) in [5.74, 6) is 0.695. The molecule has 0 saturated carbocycles. The van der Waals surface area contributed by atoms with Crippen molar-refractivity contribution in [3.63, 3.8) is 0 Å². The van der Waals surface area contributed by atoms with Crippen molar-refractivity contribution in [1.29, 1.82) is 5.26 Å². The Morgan fingerprint density at radius 1 is 1.13 bits per heavy atom. The molecule has 2 aliphatic heterocycles. The third kappa shape index (κ3) is 6.13. The van der Waals surface area contributed by atoms with Crippen LogP contribution < -0.4 is 10.5 Å². The molecule has 1 atom stereocenters. The number of benzene rings is 1. The average Bonchev–Trinajstić information content (AvgIpc) is 3.22. The molecule has 0 bridgehead atoms. The number of nitriles is 1. The minimum Gasteiger partial charge on any atom is -0.355 e. The van der Waals surface area contributed by atoms with Gasteiger partial charge in [0.1, 0.15) is 21.8 Å². The molecule has 0 spiro atoms. The minimum atomic E-state index is -0.255. The van der Waals surface area contributed by atoms with E-state index in [-0.39, 0.29) is 23.1 Å². The first-order valence-electron chi connectivity index (χ1n) is 13.8.